The zero-order valence-corrected chi connectivity index (χ0v) is 13.8. The van der Waals surface area contributed by atoms with Gasteiger partial charge in [-0.15, -0.1) is 11.3 Å². The van der Waals surface area contributed by atoms with Gasteiger partial charge in [0, 0.05) is 28.9 Å². The maximum absolute atomic E-state index is 12.1. The van der Waals surface area contributed by atoms with E-state index in [2.05, 4.69) is 4.72 Å². The van der Waals surface area contributed by atoms with Gasteiger partial charge in [0.25, 0.3) is 0 Å². The van der Waals surface area contributed by atoms with Crippen LogP contribution in [0.1, 0.15) is 18.2 Å². The highest BCUT2D eigenvalue weighted by Gasteiger charge is 2.20. The van der Waals surface area contributed by atoms with Crippen molar-refractivity contribution in [3.8, 4) is 0 Å². The van der Waals surface area contributed by atoms with E-state index in [9.17, 15) is 12.6 Å². The summed E-state index contributed by atoms with van der Waals surface area (Å²) in [6.45, 7) is 1.74. The largest absolute Gasteiger partial charge is 0.389 e. The van der Waals surface area contributed by atoms with E-state index in [1.807, 2.05) is 0 Å². The Morgan fingerprint density at radius 3 is 2.68 bits per heavy atom. The molecule has 2 atom stereocenters. The Kier molecular flexibility index (Phi) is 6.06. The van der Waals surface area contributed by atoms with E-state index < -0.39 is 20.8 Å². The first-order chi connectivity index (χ1) is 8.72. The van der Waals surface area contributed by atoms with Gasteiger partial charge < -0.3 is 5.73 Å². The Labute approximate surface area is 125 Å². The van der Waals surface area contributed by atoms with Crippen LogP contribution in [-0.2, 0) is 20.8 Å². The van der Waals surface area contributed by atoms with Crippen molar-refractivity contribution in [1.29, 1.82) is 0 Å². The highest BCUT2D eigenvalue weighted by molar-refractivity contribution is 7.91. The lowest BCUT2D eigenvalue weighted by Crippen LogP contribution is -2.33. The second-order valence-electron chi connectivity index (χ2n) is 4.07. The van der Waals surface area contributed by atoms with E-state index >= 15 is 0 Å². The van der Waals surface area contributed by atoms with Gasteiger partial charge in [-0.2, -0.15) is 0 Å². The molecular weight excluding hydrogens is 324 g/mol. The van der Waals surface area contributed by atoms with E-state index in [0.717, 1.165) is 11.3 Å². The molecule has 0 amide bonds. The first kappa shape index (κ1) is 16.7. The number of nitrogens with two attached hydrogens (primary N) is 1. The van der Waals surface area contributed by atoms with Gasteiger partial charge in [-0.1, -0.05) is 12.2 Å². The lowest BCUT2D eigenvalue weighted by molar-refractivity contribution is 0.557. The van der Waals surface area contributed by atoms with E-state index in [4.69, 9.17) is 18.0 Å². The van der Waals surface area contributed by atoms with E-state index in [0.29, 0.717) is 17.1 Å². The minimum Gasteiger partial charge on any atom is -0.389 e. The Bertz CT molecular complexity index is 579. The fourth-order valence-electron chi connectivity index (χ4n) is 1.32. The van der Waals surface area contributed by atoms with Gasteiger partial charge in [0.05, 0.1) is 4.88 Å². The minimum absolute atomic E-state index is 0.180. The predicted molar refractivity (Wildman–Crippen MR) is 83.5 cm³/mol. The summed E-state index contributed by atoms with van der Waals surface area (Å²) < 4.78 is 37.8. The Balaban J connectivity index is 2.74. The molecule has 19 heavy (non-hydrogen) atoms. The first-order valence-electron chi connectivity index (χ1n) is 5.44. The molecule has 0 aromatic carbocycles. The highest BCUT2D eigenvalue weighted by Crippen LogP contribution is 2.21. The number of hydrogen-bond donors (Lipinski definition) is 2. The molecule has 0 aliphatic heterocycles. The smallest absolute Gasteiger partial charge is 0.250 e. The van der Waals surface area contributed by atoms with Gasteiger partial charge in [-0.25, -0.2) is 13.1 Å². The molecule has 108 valence electrons. The van der Waals surface area contributed by atoms with Crippen LogP contribution in [-0.4, -0.2) is 35.7 Å². The third-order valence-electron chi connectivity index (χ3n) is 2.28. The molecular formula is C10H16N2O3S4. The van der Waals surface area contributed by atoms with Gasteiger partial charge in [0.2, 0.25) is 10.0 Å². The highest BCUT2D eigenvalue weighted by atomic mass is 32.2. The van der Waals surface area contributed by atoms with Crippen LogP contribution in [0.2, 0.25) is 0 Å². The third-order valence-corrected chi connectivity index (χ3v) is 6.64. The summed E-state index contributed by atoms with van der Waals surface area (Å²) in [5.74, 6) is 0.465. The van der Waals surface area contributed by atoms with Gasteiger partial charge in [0.15, 0.2) is 0 Å². The summed E-state index contributed by atoms with van der Waals surface area (Å²) in [4.78, 5) is 0.749. The lowest BCUT2D eigenvalue weighted by atomic mass is 10.3. The van der Waals surface area contributed by atoms with Crippen molar-refractivity contribution in [3.05, 3.63) is 17.0 Å². The molecule has 0 aliphatic carbocycles. The Morgan fingerprint density at radius 2 is 2.21 bits per heavy atom. The molecule has 3 N–H and O–H groups in total. The number of nitrogens with one attached hydrogen (secondary N) is 1. The van der Waals surface area contributed by atoms with Crippen molar-refractivity contribution in [1.82, 2.24) is 4.72 Å². The fraction of sp³-hybridized carbons (Fsp3) is 0.500. The van der Waals surface area contributed by atoms with Gasteiger partial charge in [-0.3, -0.25) is 4.21 Å². The van der Waals surface area contributed by atoms with E-state index in [-0.39, 0.29) is 15.2 Å². The number of sulfonamides is 1. The van der Waals surface area contributed by atoms with Crippen LogP contribution in [0, 0.1) is 0 Å². The molecule has 1 aromatic rings. The molecule has 0 spiro atoms. The van der Waals surface area contributed by atoms with Crippen LogP contribution in [0.4, 0.5) is 0 Å². The van der Waals surface area contributed by atoms with Crippen LogP contribution >= 0.6 is 23.6 Å². The second kappa shape index (κ2) is 6.89. The summed E-state index contributed by atoms with van der Waals surface area (Å²) >= 11 is 5.83. The standard InChI is InChI=1S/C10H16N2O3S4/c1-7(5-6-18(2)13)12-19(14,15)9-4-3-8(17-9)10(11)16/h3-4,7,12H,5-6H2,1-2H3,(H2,11,16). The van der Waals surface area contributed by atoms with Crippen molar-refractivity contribution in [3.63, 3.8) is 0 Å². The average molecular weight is 341 g/mol. The molecule has 0 saturated carbocycles. The maximum Gasteiger partial charge on any atom is 0.250 e. The topological polar surface area (TPSA) is 89.3 Å². The normalized spacial score (nSPS) is 15.1. The molecule has 0 saturated heterocycles. The van der Waals surface area contributed by atoms with Crippen molar-refractivity contribution >= 4 is 49.4 Å². The SMILES string of the molecule is CC(CCS(C)=O)NS(=O)(=O)c1ccc(C(N)=S)s1. The summed E-state index contributed by atoms with van der Waals surface area (Å²) in [7, 11) is -4.49. The third kappa shape index (κ3) is 5.27. The number of hydrogen-bond acceptors (Lipinski definition) is 5. The fourth-order valence-corrected chi connectivity index (χ4v) is 4.65. The van der Waals surface area contributed by atoms with Crippen molar-refractivity contribution in [2.45, 2.75) is 23.6 Å². The number of thiophene rings is 1. The van der Waals surface area contributed by atoms with Gasteiger partial charge >= 0.3 is 0 Å². The number of rotatable bonds is 7. The molecule has 5 nitrogen and oxygen atoms in total. The molecule has 0 aliphatic rings. The zero-order valence-electron chi connectivity index (χ0n) is 10.6. The lowest BCUT2D eigenvalue weighted by Gasteiger charge is -2.12. The van der Waals surface area contributed by atoms with Crippen molar-refractivity contribution in [2.75, 3.05) is 12.0 Å². The monoisotopic (exact) mass is 340 g/mol. The summed E-state index contributed by atoms with van der Waals surface area (Å²) in [5.41, 5.74) is 5.45. The van der Waals surface area contributed by atoms with Crippen LogP contribution in [0.25, 0.3) is 0 Å². The quantitative estimate of drug-likeness (QED) is 0.717. The molecule has 2 unspecified atom stereocenters. The zero-order chi connectivity index (χ0) is 14.6. The molecule has 0 fully saturated rings. The van der Waals surface area contributed by atoms with E-state index in [1.165, 1.54) is 6.07 Å². The van der Waals surface area contributed by atoms with Crippen LogP contribution in [0.15, 0.2) is 16.3 Å². The van der Waals surface area contributed by atoms with Crippen molar-refractivity contribution < 1.29 is 12.6 Å². The predicted octanol–water partition coefficient (Wildman–Crippen LogP) is 0.818. The average Bonchev–Trinajstić information content (AvgIpc) is 2.75. The van der Waals surface area contributed by atoms with Crippen LogP contribution < -0.4 is 10.5 Å². The molecule has 9 heteroatoms. The summed E-state index contributed by atoms with van der Waals surface area (Å²) in [6, 6.07) is 2.80. The minimum atomic E-state index is -3.57. The number of thiocarbonyl (C=S) groups is 1. The van der Waals surface area contributed by atoms with Crippen molar-refractivity contribution in [2.24, 2.45) is 5.73 Å². The molecule has 1 heterocycles. The summed E-state index contributed by atoms with van der Waals surface area (Å²) in [6.07, 6.45) is 2.12. The molecule has 0 radical (unpaired) electrons. The molecule has 1 aromatic heterocycles. The summed E-state index contributed by atoms with van der Waals surface area (Å²) in [5, 5.41) is 0. The Morgan fingerprint density at radius 1 is 1.58 bits per heavy atom. The van der Waals surface area contributed by atoms with E-state index in [1.54, 1.807) is 19.2 Å². The molecule has 0 bridgehead atoms. The molecule has 1 rings (SSSR count). The first-order valence-corrected chi connectivity index (χ1v) is 9.88. The maximum atomic E-state index is 12.1. The van der Waals surface area contributed by atoms with Gasteiger partial charge in [-0.05, 0) is 25.5 Å². The Hall–Kier alpha value is -0.350. The van der Waals surface area contributed by atoms with Gasteiger partial charge in [0.1, 0.15) is 9.20 Å². The second-order valence-corrected chi connectivity index (χ2v) is 9.09. The van der Waals surface area contributed by atoms with Crippen LogP contribution in [0.5, 0.6) is 0 Å². The van der Waals surface area contributed by atoms with Crippen LogP contribution in [0.3, 0.4) is 0 Å².